The van der Waals surface area contributed by atoms with Crippen molar-refractivity contribution in [2.45, 2.75) is 24.0 Å². The maximum Gasteiger partial charge on any atom is 0.416 e. The minimum atomic E-state index is -4.57. The SMILES string of the molecule is O=S1(=O)C[C@@H]2[C@@H](C1)N=C(SCc1ccc(F)cc1)N2c1cc(C(F)(F)F)ccc1Cl. The number of hydrogen-bond acceptors (Lipinski definition) is 5. The summed E-state index contributed by atoms with van der Waals surface area (Å²) in [5.41, 5.74) is -0.0144. The fraction of sp³-hybridized carbons (Fsp3) is 0.316. The van der Waals surface area contributed by atoms with Crippen molar-refractivity contribution in [1.29, 1.82) is 0 Å². The summed E-state index contributed by atoms with van der Waals surface area (Å²) in [7, 11) is -3.36. The van der Waals surface area contributed by atoms with Crippen LogP contribution in [-0.2, 0) is 21.8 Å². The number of hydrogen-bond donors (Lipinski definition) is 0. The molecular weight excluding hydrogens is 464 g/mol. The fourth-order valence-corrected chi connectivity index (χ4v) is 6.64. The molecule has 0 unspecified atom stereocenters. The van der Waals surface area contributed by atoms with Gasteiger partial charge in [-0.3, -0.25) is 4.99 Å². The lowest BCUT2D eigenvalue weighted by Crippen LogP contribution is -2.39. The minimum absolute atomic E-state index is 0.0708. The van der Waals surface area contributed by atoms with E-state index in [2.05, 4.69) is 4.99 Å². The zero-order valence-electron chi connectivity index (χ0n) is 15.2. The van der Waals surface area contributed by atoms with Gasteiger partial charge in [-0.05, 0) is 35.9 Å². The van der Waals surface area contributed by atoms with Gasteiger partial charge in [0.15, 0.2) is 15.0 Å². The van der Waals surface area contributed by atoms with Crippen molar-refractivity contribution in [3.63, 3.8) is 0 Å². The number of nitrogens with zero attached hydrogens (tertiary/aromatic N) is 2. The number of rotatable bonds is 3. The molecule has 0 aromatic heterocycles. The third-order valence-corrected chi connectivity index (χ3v) is 7.98. The van der Waals surface area contributed by atoms with Gasteiger partial charge in [-0.2, -0.15) is 13.2 Å². The second-order valence-corrected chi connectivity index (χ2v) is 10.6. The summed E-state index contributed by atoms with van der Waals surface area (Å²) in [4.78, 5) is 5.98. The Bertz CT molecular complexity index is 1100. The highest BCUT2D eigenvalue weighted by molar-refractivity contribution is 8.13. The van der Waals surface area contributed by atoms with E-state index in [0.717, 1.165) is 23.8 Å². The molecule has 2 heterocycles. The molecule has 2 aromatic rings. The molecule has 0 spiro atoms. The topological polar surface area (TPSA) is 49.7 Å². The standard InChI is InChI=1S/C19H15ClF4N2O2S2/c20-14-6-3-12(19(22,23)24)7-16(14)26-17-10-30(27,28)9-15(17)25-18(26)29-8-11-1-4-13(21)5-2-11/h1-7,15,17H,8-10H2/t15-,17-/m1/s1. The van der Waals surface area contributed by atoms with Crippen LogP contribution in [0.25, 0.3) is 0 Å². The van der Waals surface area contributed by atoms with Gasteiger partial charge in [0.1, 0.15) is 5.82 Å². The number of halogens is 5. The molecule has 4 nitrogen and oxygen atoms in total. The quantitative estimate of drug-likeness (QED) is 0.596. The van der Waals surface area contributed by atoms with Crippen LogP contribution in [0.2, 0.25) is 5.02 Å². The predicted octanol–water partition coefficient (Wildman–Crippen LogP) is 4.77. The van der Waals surface area contributed by atoms with Crippen LogP contribution in [0.1, 0.15) is 11.1 Å². The molecule has 160 valence electrons. The van der Waals surface area contributed by atoms with E-state index < -0.39 is 33.7 Å². The van der Waals surface area contributed by atoms with E-state index in [-0.39, 0.29) is 28.0 Å². The number of fused-ring (bicyclic) bond motifs is 1. The molecule has 2 aliphatic rings. The Morgan fingerprint density at radius 3 is 2.50 bits per heavy atom. The lowest BCUT2D eigenvalue weighted by Gasteiger charge is -2.28. The number of benzene rings is 2. The van der Waals surface area contributed by atoms with Crippen LogP contribution >= 0.6 is 23.4 Å². The van der Waals surface area contributed by atoms with E-state index in [1.807, 2.05) is 0 Å². The Morgan fingerprint density at radius 1 is 1.13 bits per heavy atom. The molecular formula is C19H15ClF4N2O2S2. The van der Waals surface area contributed by atoms with Crippen LogP contribution < -0.4 is 4.90 Å². The first-order chi connectivity index (χ1) is 14.0. The number of anilines is 1. The van der Waals surface area contributed by atoms with E-state index in [4.69, 9.17) is 11.6 Å². The molecule has 0 N–H and O–H groups in total. The van der Waals surface area contributed by atoms with Crippen LogP contribution in [-0.4, -0.2) is 37.2 Å². The zero-order valence-corrected chi connectivity index (χ0v) is 17.6. The van der Waals surface area contributed by atoms with E-state index in [0.29, 0.717) is 10.9 Å². The van der Waals surface area contributed by atoms with Gasteiger partial charge in [-0.1, -0.05) is 35.5 Å². The van der Waals surface area contributed by atoms with Crippen molar-refractivity contribution < 1.29 is 26.0 Å². The van der Waals surface area contributed by atoms with Crippen molar-refractivity contribution in [2.24, 2.45) is 4.99 Å². The molecule has 0 amide bonds. The summed E-state index contributed by atoms with van der Waals surface area (Å²) < 4.78 is 77.1. The van der Waals surface area contributed by atoms with Gasteiger partial charge < -0.3 is 4.90 Å². The molecule has 0 aliphatic carbocycles. The van der Waals surface area contributed by atoms with Gasteiger partial charge in [0, 0.05) is 5.75 Å². The van der Waals surface area contributed by atoms with Crippen molar-refractivity contribution in [3.8, 4) is 0 Å². The van der Waals surface area contributed by atoms with E-state index in [1.165, 1.54) is 28.8 Å². The van der Waals surface area contributed by atoms with Crippen LogP contribution in [0.3, 0.4) is 0 Å². The van der Waals surface area contributed by atoms with Crippen LogP contribution in [0.5, 0.6) is 0 Å². The summed E-state index contributed by atoms with van der Waals surface area (Å²) in [6, 6.07) is 7.60. The first-order valence-electron chi connectivity index (χ1n) is 8.85. The monoisotopic (exact) mass is 478 g/mol. The first kappa shape index (κ1) is 21.5. The molecule has 0 bridgehead atoms. The highest BCUT2D eigenvalue weighted by Gasteiger charge is 2.48. The van der Waals surface area contributed by atoms with Gasteiger partial charge >= 0.3 is 6.18 Å². The van der Waals surface area contributed by atoms with Crippen molar-refractivity contribution >= 4 is 44.1 Å². The van der Waals surface area contributed by atoms with Crippen LogP contribution in [0, 0.1) is 5.82 Å². The zero-order chi connectivity index (χ0) is 21.7. The molecule has 2 aliphatic heterocycles. The average Bonchev–Trinajstić information content (AvgIpc) is 3.12. The molecule has 1 saturated heterocycles. The summed E-state index contributed by atoms with van der Waals surface area (Å²) >= 11 is 7.47. The van der Waals surface area contributed by atoms with Gasteiger partial charge in [-0.15, -0.1) is 0 Å². The van der Waals surface area contributed by atoms with Crippen LogP contribution in [0.4, 0.5) is 23.2 Å². The molecule has 2 aromatic carbocycles. The minimum Gasteiger partial charge on any atom is -0.313 e. The lowest BCUT2D eigenvalue weighted by atomic mass is 10.1. The normalized spacial score (nSPS) is 22.8. The second-order valence-electron chi connectivity index (χ2n) is 7.07. The maximum absolute atomic E-state index is 13.3. The Balaban J connectivity index is 1.69. The van der Waals surface area contributed by atoms with Gasteiger partial charge in [-0.25, -0.2) is 12.8 Å². The van der Waals surface area contributed by atoms with Gasteiger partial charge in [0.25, 0.3) is 0 Å². The molecule has 1 fully saturated rings. The second kappa shape index (κ2) is 7.72. The molecule has 30 heavy (non-hydrogen) atoms. The Kier molecular flexibility index (Phi) is 5.52. The molecule has 4 rings (SSSR count). The van der Waals surface area contributed by atoms with E-state index in [9.17, 15) is 26.0 Å². The van der Waals surface area contributed by atoms with Crippen molar-refractivity contribution in [2.75, 3.05) is 16.4 Å². The average molecular weight is 479 g/mol. The smallest absolute Gasteiger partial charge is 0.313 e. The largest absolute Gasteiger partial charge is 0.416 e. The number of sulfone groups is 1. The predicted molar refractivity (Wildman–Crippen MR) is 110 cm³/mol. The first-order valence-corrected chi connectivity index (χ1v) is 12.0. The van der Waals surface area contributed by atoms with Gasteiger partial charge in [0.05, 0.1) is 39.9 Å². The number of aliphatic imine (C=N–C) groups is 1. The molecule has 2 atom stereocenters. The molecule has 0 radical (unpaired) electrons. The summed E-state index contributed by atoms with van der Waals surface area (Å²) in [5, 5.41) is 0.466. The summed E-state index contributed by atoms with van der Waals surface area (Å²) in [5.74, 6) is -0.364. The maximum atomic E-state index is 13.3. The van der Waals surface area contributed by atoms with Crippen molar-refractivity contribution in [3.05, 3.63) is 64.4 Å². The Labute approximate surface area is 179 Å². The third-order valence-electron chi connectivity index (χ3n) is 4.92. The van der Waals surface area contributed by atoms with Gasteiger partial charge in [0.2, 0.25) is 0 Å². The highest BCUT2D eigenvalue weighted by atomic mass is 35.5. The van der Waals surface area contributed by atoms with Crippen LogP contribution in [0.15, 0.2) is 47.5 Å². The molecule has 0 saturated carbocycles. The third kappa shape index (κ3) is 4.31. The lowest BCUT2D eigenvalue weighted by molar-refractivity contribution is -0.137. The fourth-order valence-electron chi connectivity index (χ4n) is 3.52. The number of thioether (sulfide) groups is 1. The number of amidine groups is 1. The number of alkyl halides is 3. The van der Waals surface area contributed by atoms with Crippen molar-refractivity contribution in [1.82, 2.24) is 0 Å². The van der Waals surface area contributed by atoms with E-state index in [1.54, 1.807) is 12.1 Å². The summed E-state index contributed by atoms with van der Waals surface area (Å²) in [6.45, 7) is 0. The summed E-state index contributed by atoms with van der Waals surface area (Å²) in [6.07, 6.45) is -4.57. The van der Waals surface area contributed by atoms with E-state index >= 15 is 0 Å². The Morgan fingerprint density at radius 2 is 1.83 bits per heavy atom. The molecule has 11 heteroatoms. The highest BCUT2D eigenvalue weighted by Crippen LogP contribution is 2.41. The Hall–Kier alpha value is -1.78.